The minimum absolute atomic E-state index is 0.692. The Morgan fingerprint density at radius 2 is 2.33 bits per heavy atom. The van der Waals surface area contributed by atoms with Crippen molar-refractivity contribution in [3.8, 4) is 11.3 Å². The number of hydrogen-bond donors (Lipinski definition) is 0. The molecule has 15 heavy (non-hydrogen) atoms. The van der Waals surface area contributed by atoms with Gasteiger partial charge in [-0.15, -0.1) is 0 Å². The number of hydrogen-bond acceptors (Lipinski definition) is 4. The molecule has 1 aliphatic heterocycles. The smallest absolute Gasteiger partial charge is 0.102 e. The molecule has 2 aromatic rings. The van der Waals surface area contributed by atoms with Gasteiger partial charge in [-0.05, 0) is 13.0 Å². The quantitative estimate of drug-likeness (QED) is 0.706. The summed E-state index contributed by atoms with van der Waals surface area (Å²) in [7, 11) is 0. The lowest BCUT2D eigenvalue weighted by Crippen LogP contribution is -1.98. The van der Waals surface area contributed by atoms with Gasteiger partial charge in [-0.2, -0.15) is 10.2 Å². The molecule has 2 aromatic heterocycles. The van der Waals surface area contributed by atoms with Gasteiger partial charge >= 0.3 is 0 Å². The van der Waals surface area contributed by atoms with Gasteiger partial charge in [-0.1, -0.05) is 0 Å². The van der Waals surface area contributed by atoms with E-state index >= 15 is 0 Å². The highest BCUT2D eigenvalue weighted by atomic mass is 16.3. The monoisotopic (exact) mass is 199 g/mol. The zero-order valence-corrected chi connectivity index (χ0v) is 8.27. The van der Waals surface area contributed by atoms with Gasteiger partial charge < -0.3 is 4.42 Å². The summed E-state index contributed by atoms with van der Waals surface area (Å²) in [5, 5.41) is 8.13. The number of furan rings is 1. The van der Waals surface area contributed by atoms with Crippen LogP contribution in [0.2, 0.25) is 0 Å². The molecule has 0 saturated carbocycles. The van der Waals surface area contributed by atoms with E-state index in [1.54, 1.807) is 18.7 Å². The van der Waals surface area contributed by atoms with E-state index in [0.29, 0.717) is 6.54 Å². The van der Waals surface area contributed by atoms with Crippen molar-refractivity contribution in [3.63, 3.8) is 0 Å². The maximum absolute atomic E-state index is 5.05. The van der Waals surface area contributed by atoms with E-state index < -0.39 is 0 Å². The van der Waals surface area contributed by atoms with Gasteiger partial charge in [0.05, 0.1) is 25.3 Å². The summed E-state index contributed by atoms with van der Waals surface area (Å²) in [6, 6.07) is 1.89. The highest BCUT2D eigenvalue weighted by molar-refractivity contribution is 6.02. The Morgan fingerprint density at radius 1 is 1.40 bits per heavy atom. The molecule has 1 aliphatic rings. The highest BCUT2D eigenvalue weighted by Gasteiger charge is 2.18. The highest BCUT2D eigenvalue weighted by Crippen LogP contribution is 2.27. The fourth-order valence-corrected chi connectivity index (χ4v) is 1.80. The molecule has 0 radical (unpaired) electrons. The molecule has 0 fully saturated rings. The molecule has 74 valence electrons. The van der Waals surface area contributed by atoms with Gasteiger partial charge in [-0.25, -0.2) is 0 Å². The van der Waals surface area contributed by atoms with Crippen molar-refractivity contribution in [1.82, 2.24) is 10.2 Å². The third-order valence-electron chi connectivity index (χ3n) is 2.61. The Morgan fingerprint density at radius 3 is 3.13 bits per heavy atom. The average molecular weight is 199 g/mol. The van der Waals surface area contributed by atoms with Crippen molar-refractivity contribution in [2.45, 2.75) is 13.5 Å². The molecule has 0 N–H and O–H groups in total. The molecule has 0 bridgehead atoms. The first-order valence-electron chi connectivity index (χ1n) is 4.75. The zero-order valence-electron chi connectivity index (χ0n) is 8.27. The van der Waals surface area contributed by atoms with Gasteiger partial charge in [0, 0.05) is 22.4 Å². The molecule has 0 aromatic carbocycles. The first kappa shape index (κ1) is 8.35. The number of aromatic nitrogens is 2. The summed E-state index contributed by atoms with van der Waals surface area (Å²) in [5.74, 6) is 0. The second kappa shape index (κ2) is 3.02. The summed E-state index contributed by atoms with van der Waals surface area (Å²) in [6.07, 6.45) is 5.09. The van der Waals surface area contributed by atoms with Crippen LogP contribution in [0.25, 0.3) is 11.3 Å². The Hall–Kier alpha value is -1.97. The van der Waals surface area contributed by atoms with E-state index in [9.17, 15) is 0 Å². The number of aliphatic imine (C=N–C) groups is 1. The summed E-state index contributed by atoms with van der Waals surface area (Å²) in [5.41, 5.74) is 5.11. The number of nitrogens with zero attached hydrogens (tertiary/aromatic N) is 3. The lowest BCUT2D eigenvalue weighted by Gasteiger charge is -2.02. The van der Waals surface area contributed by atoms with Crippen LogP contribution in [0.3, 0.4) is 0 Å². The van der Waals surface area contributed by atoms with Crippen molar-refractivity contribution in [2.24, 2.45) is 4.99 Å². The summed E-state index contributed by atoms with van der Waals surface area (Å²) in [4.78, 5) is 4.38. The third kappa shape index (κ3) is 1.18. The van der Waals surface area contributed by atoms with Crippen LogP contribution >= 0.6 is 0 Å². The van der Waals surface area contributed by atoms with E-state index in [1.165, 1.54) is 0 Å². The third-order valence-corrected chi connectivity index (χ3v) is 2.61. The van der Waals surface area contributed by atoms with Crippen LogP contribution in [0.5, 0.6) is 0 Å². The van der Waals surface area contributed by atoms with Crippen LogP contribution in [0, 0.1) is 0 Å². The molecule has 3 heterocycles. The van der Waals surface area contributed by atoms with Crippen molar-refractivity contribution < 1.29 is 4.42 Å². The minimum atomic E-state index is 0.692. The molecule has 0 amide bonds. The second-order valence-corrected chi connectivity index (χ2v) is 3.50. The van der Waals surface area contributed by atoms with E-state index in [4.69, 9.17) is 4.42 Å². The maximum Gasteiger partial charge on any atom is 0.102 e. The van der Waals surface area contributed by atoms with Crippen molar-refractivity contribution in [3.05, 3.63) is 35.9 Å². The molecule has 3 rings (SSSR count). The van der Waals surface area contributed by atoms with E-state index in [-0.39, 0.29) is 0 Å². The molecular weight excluding hydrogens is 190 g/mol. The number of fused-ring (bicyclic) bond motifs is 1. The fraction of sp³-hybridized carbons (Fsp3) is 0.182. The summed E-state index contributed by atoms with van der Waals surface area (Å²) < 4.78 is 5.05. The van der Waals surface area contributed by atoms with Crippen molar-refractivity contribution in [1.29, 1.82) is 0 Å². The van der Waals surface area contributed by atoms with Crippen LogP contribution in [-0.2, 0) is 6.54 Å². The molecule has 0 aliphatic carbocycles. The topological polar surface area (TPSA) is 51.3 Å². The van der Waals surface area contributed by atoms with Crippen LogP contribution < -0.4 is 0 Å². The van der Waals surface area contributed by atoms with Crippen molar-refractivity contribution in [2.75, 3.05) is 0 Å². The van der Waals surface area contributed by atoms with E-state index in [1.807, 2.05) is 13.0 Å². The molecule has 0 spiro atoms. The van der Waals surface area contributed by atoms with Crippen molar-refractivity contribution >= 4 is 5.71 Å². The standard InChI is InChI=1S/C11H9N3O/c1-7-9-5-13-14-11(10(9)4-12-7)8-2-3-15-6-8/h2-3,5-6H,4H2,1H3. The Bertz CT molecular complexity index is 529. The Labute approximate surface area is 86.7 Å². The second-order valence-electron chi connectivity index (χ2n) is 3.50. The predicted octanol–water partition coefficient (Wildman–Crippen LogP) is 2.06. The molecule has 4 nitrogen and oxygen atoms in total. The van der Waals surface area contributed by atoms with Gasteiger partial charge in [0.25, 0.3) is 0 Å². The van der Waals surface area contributed by atoms with Gasteiger partial charge in [-0.3, -0.25) is 4.99 Å². The normalized spacial score (nSPS) is 13.8. The average Bonchev–Trinajstić information content (AvgIpc) is 2.88. The summed E-state index contributed by atoms with van der Waals surface area (Å²) >= 11 is 0. The SMILES string of the molecule is CC1=NCc2c1cnnc2-c1ccoc1. The van der Waals surface area contributed by atoms with Crippen LogP contribution in [0.4, 0.5) is 0 Å². The fourth-order valence-electron chi connectivity index (χ4n) is 1.80. The van der Waals surface area contributed by atoms with Gasteiger partial charge in [0.1, 0.15) is 5.69 Å². The van der Waals surface area contributed by atoms with Crippen LogP contribution in [-0.4, -0.2) is 15.9 Å². The number of rotatable bonds is 1. The van der Waals surface area contributed by atoms with E-state index in [0.717, 1.165) is 28.1 Å². The molecule has 0 unspecified atom stereocenters. The predicted molar refractivity (Wildman–Crippen MR) is 55.6 cm³/mol. The molecular formula is C11H9N3O. The largest absolute Gasteiger partial charge is 0.472 e. The lowest BCUT2D eigenvalue weighted by molar-refractivity contribution is 0.568. The van der Waals surface area contributed by atoms with Gasteiger partial charge in [0.15, 0.2) is 0 Å². The molecule has 4 heteroatoms. The van der Waals surface area contributed by atoms with E-state index in [2.05, 4.69) is 15.2 Å². The first-order chi connectivity index (χ1) is 7.36. The summed E-state index contributed by atoms with van der Waals surface area (Å²) in [6.45, 7) is 2.68. The van der Waals surface area contributed by atoms with Gasteiger partial charge in [0.2, 0.25) is 0 Å². The minimum Gasteiger partial charge on any atom is -0.472 e. The first-order valence-corrected chi connectivity index (χ1v) is 4.75. The van der Waals surface area contributed by atoms with Crippen LogP contribution in [0.1, 0.15) is 18.1 Å². The maximum atomic E-state index is 5.05. The van der Waals surface area contributed by atoms with Crippen LogP contribution in [0.15, 0.2) is 34.2 Å². The Balaban J connectivity index is 2.21. The zero-order chi connectivity index (χ0) is 10.3. The lowest BCUT2D eigenvalue weighted by atomic mass is 10.0. The molecule has 0 saturated heterocycles. The Kier molecular flexibility index (Phi) is 1.68. The molecule has 0 atom stereocenters.